The van der Waals surface area contributed by atoms with Gasteiger partial charge in [0.05, 0.1) is 11.5 Å². The predicted molar refractivity (Wildman–Crippen MR) is 77.8 cm³/mol. The minimum absolute atomic E-state index is 0.593. The number of benzene rings is 1. The summed E-state index contributed by atoms with van der Waals surface area (Å²) >= 11 is 6.87. The number of rotatable bonds is 3. The van der Waals surface area contributed by atoms with Crippen LogP contribution in [-0.4, -0.2) is 11.7 Å². The van der Waals surface area contributed by atoms with Crippen molar-refractivity contribution in [3.8, 4) is 10.4 Å². The van der Waals surface area contributed by atoms with Crippen molar-refractivity contribution in [2.24, 2.45) is 0 Å². The Hall–Kier alpha value is -1.19. The molecule has 2 aromatic rings. The average molecular weight is 262 g/mol. The van der Waals surface area contributed by atoms with Crippen molar-refractivity contribution >= 4 is 28.6 Å². The van der Waals surface area contributed by atoms with Crippen LogP contribution in [0.4, 0.5) is 0 Å². The fourth-order valence-corrected chi connectivity index (χ4v) is 2.74. The number of hydrogen-bond acceptors (Lipinski definition) is 3. The Kier molecular flexibility index (Phi) is 3.92. The first-order chi connectivity index (χ1) is 8.20. The van der Waals surface area contributed by atoms with Gasteiger partial charge in [-0.25, -0.2) is 0 Å². The summed E-state index contributed by atoms with van der Waals surface area (Å²) in [5.41, 5.74) is 2.50. The number of thiophene rings is 1. The zero-order valence-electron chi connectivity index (χ0n) is 9.90. The van der Waals surface area contributed by atoms with Crippen molar-refractivity contribution in [3.05, 3.63) is 46.8 Å². The molecule has 0 bridgehead atoms. The second kappa shape index (κ2) is 5.43. The highest BCUT2D eigenvalue weighted by molar-refractivity contribution is 7.80. The van der Waals surface area contributed by atoms with Gasteiger partial charge in [-0.05, 0) is 43.8 Å². The van der Waals surface area contributed by atoms with Crippen LogP contribution in [0.2, 0.25) is 0 Å². The molecule has 88 valence electrons. The van der Waals surface area contributed by atoms with Crippen molar-refractivity contribution in [3.63, 3.8) is 0 Å². The highest BCUT2D eigenvalue weighted by Crippen LogP contribution is 2.28. The van der Waals surface area contributed by atoms with Crippen molar-refractivity contribution < 1.29 is 4.74 Å². The van der Waals surface area contributed by atoms with E-state index in [1.54, 1.807) is 11.3 Å². The SMILES string of the molecule is CCOC(=S)c1ccc(-c2ccc(C)cc2)s1. The molecule has 3 heteroatoms. The van der Waals surface area contributed by atoms with E-state index >= 15 is 0 Å². The molecule has 0 amide bonds. The van der Waals surface area contributed by atoms with Crippen LogP contribution in [0.25, 0.3) is 10.4 Å². The van der Waals surface area contributed by atoms with E-state index in [2.05, 4.69) is 37.3 Å². The summed E-state index contributed by atoms with van der Waals surface area (Å²) in [4.78, 5) is 2.25. The number of aryl methyl sites for hydroxylation is 1. The first kappa shape index (κ1) is 12.3. The molecule has 0 radical (unpaired) electrons. The molecule has 1 heterocycles. The molecular weight excluding hydrogens is 248 g/mol. The second-order valence-corrected chi connectivity index (χ2v) is 5.20. The molecule has 0 unspecified atom stereocenters. The average Bonchev–Trinajstić information content (AvgIpc) is 2.80. The topological polar surface area (TPSA) is 9.23 Å². The molecule has 0 fully saturated rings. The van der Waals surface area contributed by atoms with Crippen LogP contribution in [0.3, 0.4) is 0 Å². The summed E-state index contributed by atoms with van der Waals surface area (Å²) in [5, 5.41) is 0.593. The lowest BCUT2D eigenvalue weighted by Crippen LogP contribution is -1.99. The minimum atomic E-state index is 0.593. The molecule has 0 atom stereocenters. The van der Waals surface area contributed by atoms with Gasteiger partial charge in [0.2, 0.25) is 5.05 Å². The van der Waals surface area contributed by atoms with Gasteiger partial charge in [-0.1, -0.05) is 29.8 Å². The third-order valence-corrected chi connectivity index (χ3v) is 4.02. The highest BCUT2D eigenvalue weighted by Gasteiger charge is 2.07. The molecule has 1 aromatic heterocycles. The molecule has 0 saturated carbocycles. The molecule has 17 heavy (non-hydrogen) atoms. The van der Waals surface area contributed by atoms with Gasteiger partial charge >= 0.3 is 0 Å². The molecule has 1 nitrogen and oxygen atoms in total. The van der Waals surface area contributed by atoms with Crippen LogP contribution in [-0.2, 0) is 4.74 Å². The maximum Gasteiger partial charge on any atom is 0.201 e. The van der Waals surface area contributed by atoms with E-state index in [0.717, 1.165) is 4.88 Å². The zero-order chi connectivity index (χ0) is 12.3. The third kappa shape index (κ3) is 2.93. The van der Waals surface area contributed by atoms with Crippen molar-refractivity contribution in [2.45, 2.75) is 13.8 Å². The quantitative estimate of drug-likeness (QED) is 0.756. The maximum atomic E-state index is 5.34. The molecule has 1 aromatic carbocycles. The van der Waals surface area contributed by atoms with Crippen LogP contribution in [0.1, 0.15) is 17.4 Å². The lowest BCUT2D eigenvalue weighted by atomic mass is 10.1. The smallest absolute Gasteiger partial charge is 0.201 e. The van der Waals surface area contributed by atoms with E-state index in [-0.39, 0.29) is 0 Å². The largest absolute Gasteiger partial charge is 0.483 e. The Balaban J connectivity index is 2.23. The molecule has 0 N–H and O–H groups in total. The highest BCUT2D eigenvalue weighted by atomic mass is 32.1. The van der Waals surface area contributed by atoms with Gasteiger partial charge < -0.3 is 4.74 Å². The van der Waals surface area contributed by atoms with E-state index in [4.69, 9.17) is 17.0 Å². The van der Waals surface area contributed by atoms with Crippen molar-refractivity contribution in [1.82, 2.24) is 0 Å². The van der Waals surface area contributed by atoms with Gasteiger partial charge in [0, 0.05) is 4.88 Å². The fourth-order valence-electron chi connectivity index (χ4n) is 1.52. The summed E-state index contributed by atoms with van der Waals surface area (Å²) in [7, 11) is 0. The first-order valence-electron chi connectivity index (χ1n) is 5.54. The maximum absolute atomic E-state index is 5.34. The van der Waals surface area contributed by atoms with E-state index in [1.807, 2.05) is 13.0 Å². The Morgan fingerprint density at radius 1 is 1.18 bits per heavy atom. The second-order valence-electron chi connectivity index (χ2n) is 3.75. The molecule has 0 aliphatic carbocycles. The Morgan fingerprint density at radius 3 is 2.53 bits per heavy atom. The summed E-state index contributed by atoms with van der Waals surface area (Å²) in [5.74, 6) is 0. The molecule has 0 saturated heterocycles. The standard InChI is InChI=1S/C14H14OS2/c1-3-15-14(16)13-9-8-12(17-13)11-6-4-10(2)5-7-11/h4-9H,3H2,1-2H3. The molecule has 0 aliphatic heterocycles. The lowest BCUT2D eigenvalue weighted by molar-refractivity contribution is 0.338. The third-order valence-electron chi connectivity index (χ3n) is 2.42. The van der Waals surface area contributed by atoms with Crippen LogP contribution < -0.4 is 0 Å². The zero-order valence-corrected chi connectivity index (χ0v) is 11.5. The number of thiocarbonyl (C=S) groups is 1. The fraction of sp³-hybridized carbons (Fsp3) is 0.214. The monoisotopic (exact) mass is 262 g/mol. The lowest BCUT2D eigenvalue weighted by Gasteiger charge is -2.01. The molecule has 2 rings (SSSR count). The first-order valence-corrected chi connectivity index (χ1v) is 6.77. The van der Waals surface area contributed by atoms with Gasteiger partial charge in [-0.3, -0.25) is 0 Å². The van der Waals surface area contributed by atoms with E-state index < -0.39 is 0 Å². The van der Waals surface area contributed by atoms with Gasteiger partial charge in [-0.2, -0.15) is 0 Å². The van der Waals surface area contributed by atoms with Crippen molar-refractivity contribution in [1.29, 1.82) is 0 Å². The van der Waals surface area contributed by atoms with Crippen molar-refractivity contribution in [2.75, 3.05) is 6.61 Å². The Morgan fingerprint density at radius 2 is 1.88 bits per heavy atom. The summed E-state index contributed by atoms with van der Waals surface area (Å²) < 4.78 is 5.34. The Bertz CT molecular complexity index is 511. The van der Waals surface area contributed by atoms with E-state index in [9.17, 15) is 0 Å². The normalized spacial score (nSPS) is 10.2. The predicted octanol–water partition coefficient (Wildman–Crippen LogP) is 4.44. The van der Waals surface area contributed by atoms with Crippen LogP contribution >= 0.6 is 23.6 Å². The van der Waals surface area contributed by atoms with Crippen LogP contribution in [0.15, 0.2) is 36.4 Å². The summed E-state index contributed by atoms with van der Waals surface area (Å²) in [6.45, 7) is 4.66. The van der Waals surface area contributed by atoms with Gasteiger partial charge in [0.1, 0.15) is 0 Å². The molecular formula is C14H14OS2. The number of hydrogen-bond donors (Lipinski definition) is 0. The van der Waals surface area contributed by atoms with Gasteiger partial charge in [0.25, 0.3) is 0 Å². The number of ether oxygens (including phenoxy) is 1. The molecule has 0 aliphatic rings. The van der Waals surface area contributed by atoms with E-state index in [1.165, 1.54) is 16.0 Å². The summed E-state index contributed by atoms with van der Waals surface area (Å²) in [6.07, 6.45) is 0. The van der Waals surface area contributed by atoms with Gasteiger partial charge in [0.15, 0.2) is 0 Å². The molecule has 0 spiro atoms. The minimum Gasteiger partial charge on any atom is -0.483 e. The summed E-state index contributed by atoms with van der Waals surface area (Å²) in [6, 6.07) is 12.6. The van der Waals surface area contributed by atoms with Crippen LogP contribution in [0.5, 0.6) is 0 Å². The van der Waals surface area contributed by atoms with Crippen LogP contribution in [0, 0.1) is 6.92 Å². The Labute approximate surface area is 111 Å². The van der Waals surface area contributed by atoms with Gasteiger partial charge in [-0.15, -0.1) is 11.3 Å². The van der Waals surface area contributed by atoms with E-state index in [0.29, 0.717) is 11.7 Å².